The smallest absolute Gasteiger partial charge is 0.321 e. The van der Waals surface area contributed by atoms with Crippen molar-refractivity contribution in [3.63, 3.8) is 0 Å². The molecule has 0 aliphatic heterocycles. The predicted octanol–water partition coefficient (Wildman–Crippen LogP) is 0.116. The number of carbonyl (C=O) groups excluding carboxylic acids is 2. The molecule has 0 saturated carbocycles. The van der Waals surface area contributed by atoms with Crippen LogP contribution < -0.4 is 5.32 Å². The summed E-state index contributed by atoms with van der Waals surface area (Å²) in [7, 11) is -1.25. The monoisotopic (exact) mass is 314 g/mol. The van der Waals surface area contributed by atoms with Crippen LogP contribution >= 0.6 is 0 Å². The van der Waals surface area contributed by atoms with Gasteiger partial charge in [-0.2, -0.15) is 4.31 Å². The summed E-state index contributed by atoms with van der Waals surface area (Å²) in [6.07, 6.45) is 0. The van der Waals surface area contributed by atoms with Crippen molar-refractivity contribution in [3.8, 4) is 0 Å². The molecule has 1 aromatic carbocycles. The third-order valence-corrected chi connectivity index (χ3v) is 4.57. The van der Waals surface area contributed by atoms with Crippen molar-refractivity contribution in [2.75, 3.05) is 20.7 Å². The normalized spacial score (nSPS) is 11.2. The van der Waals surface area contributed by atoms with Crippen molar-refractivity contribution in [1.82, 2.24) is 9.62 Å². The quantitative estimate of drug-likeness (QED) is 0.753. The number of sulfonamides is 1. The van der Waals surface area contributed by atoms with Crippen LogP contribution in [0.15, 0.2) is 29.2 Å². The van der Waals surface area contributed by atoms with E-state index in [1.807, 2.05) is 0 Å². The number of hydrogen-bond donors (Lipinski definition) is 1. The molecule has 7 nitrogen and oxygen atoms in total. The largest absolute Gasteiger partial charge is 0.468 e. The van der Waals surface area contributed by atoms with Gasteiger partial charge in [-0.05, 0) is 17.7 Å². The first-order chi connectivity index (χ1) is 9.77. The second kappa shape index (κ2) is 7.19. The molecule has 1 N–H and O–H groups in total. The van der Waals surface area contributed by atoms with Gasteiger partial charge in [-0.25, -0.2) is 8.42 Å². The molecule has 1 aromatic rings. The highest BCUT2D eigenvalue weighted by Gasteiger charge is 2.23. The third kappa shape index (κ3) is 4.83. The zero-order chi connectivity index (χ0) is 16.0. The van der Waals surface area contributed by atoms with Crippen LogP contribution in [-0.4, -0.2) is 45.3 Å². The Balaban J connectivity index is 2.84. The topological polar surface area (TPSA) is 92.8 Å². The first kappa shape index (κ1) is 17.1. The second-order valence-corrected chi connectivity index (χ2v) is 6.44. The number of nitrogens with zero attached hydrogens (tertiary/aromatic N) is 1. The molecule has 0 spiro atoms. The molecule has 0 heterocycles. The lowest BCUT2D eigenvalue weighted by atomic mass is 10.2. The molecule has 116 valence electrons. The average Bonchev–Trinajstić information content (AvgIpc) is 2.45. The van der Waals surface area contributed by atoms with Crippen molar-refractivity contribution in [2.24, 2.45) is 0 Å². The Morgan fingerprint density at radius 1 is 1.24 bits per heavy atom. The molecule has 21 heavy (non-hydrogen) atoms. The van der Waals surface area contributed by atoms with Gasteiger partial charge in [-0.1, -0.05) is 12.1 Å². The highest BCUT2D eigenvalue weighted by atomic mass is 32.2. The van der Waals surface area contributed by atoms with Gasteiger partial charge in [0.15, 0.2) is 0 Å². The van der Waals surface area contributed by atoms with Crippen molar-refractivity contribution < 1.29 is 22.7 Å². The van der Waals surface area contributed by atoms with E-state index in [2.05, 4.69) is 10.1 Å². The van der Waals surface area contributed by atoms with Gasteiger partial charge in [-0.15, -0.1) is 0 Å². The summed E-state index contributed by atoms with van der Waals surface area (Å²) in [5.74, 6) is -0.798. The summed E-state index contributed by atoms with van der Waals surface area (Å²) in [4.78, 5) is 22.0. The predicted molar refractivity (Wildman–Crippen MR) is 75.8 cm³/mol. The van der Waals surface area contributed by atoms with Crippen LogP contribution in [0.4, 0.5) is 0 Å². The maximum atomic E-state index is 12.2. The van der Waals surface area contributed by atoms with Gasteiger partial charge in [0.05, 0.1) is 12.0 Å². The highest BCUT2D eigenvalue weighted by molar-refractivity contribution is 7.89. The van der Waals surface area contributed by atoms with Crippen molar-refractivity contribution in [1.29, 1.82) is 0 Å². The van der Waals surface area contributed by atoms with Crippen molar-refractivity contribution in [3.05, 3.63) is 29.8 Å². The zero-order valence-electron chi connectivity index (χ0n) is 12.1. The van der Waals surface area contributed by atoms with E-state index in [1.165, 1.54) is 33.2 Å². The first-order valence-electron chi connectivity index (χ1n) is 6.14. The number of likely N-dealkylation sites (N-methyl/N-ethyl adjacent to an activating group) is 1. The van der Waals surface area contributed by atoms with Gasteiger partial charge in [0.25, 0.3) is 0 Å². The Hall–Kier alpha value is -1.93. The van der Waals surface area contributed by atoms with E-state index in [1.54, 1.807) is 12.1 Å². The fourth-order valence-electron chi connectivity index (χ4n) is 1.52. The Labute approximate surface area is 123 Å². The number of ether oxygens (including phenoxy) is 1. The molecule has 0 aromatic heterocycles. The number of esters is 1. The van der Waals surface area contributed by atoms with Crippen LogP contribution in [-0.2, 0) is 30.9 Å². The molecular formula is C13H18N2O5S. The van der Waals surface area contributed by atoms with Gasteiger partial charge in [0.2, 0.25) is 15.9 Å². The number of nitrogens with one attached hydrogen (secondary N) is 1. The molecule has 0 atom stereocenters. The Morgan fingerprint density at radius 3 is 2.29 bits per heavy atom. The molecule has 0 aliphatic rings. The molecule has 1 amide bonds. The fraction of sp³-hybridized carbons (Fsp3) is 0.385. The summed E-state index contributed by atoms with van der Waals surface area (Å²) < 4.78 is 29.8. The fourth-order valence-corrected chi connectivity index (χ4v) is 2.63. The Bertz CT molecular complexity index is 610. The van der Waals surface area contributed by atoms with Crippen LogP contribution in [0.2, 0.25) is 0 Å². The van der Waals surface area contributed by atoms with Gasteiger partial charge < -0.3 is 10.1 Å². The van der Waals surface area contributed by atoms with Gasteiger partial charge in [0, 0.05) is 20.5 Å². The lowest BCUT2D eigenvalue weighted by molar-refractivity contribution is -0.140. The number of methoxy groups -OCH3 is 1. The van der Waals surface area contributed by atoms with Crippen LogP contribution in [0.1, 0.15) is 12.5 Å². The summed E-state index contributed by atoms with van der Waals surface area (Å²) in [5.41, 5.74) is 0.778. The number of amides is 1. The summed E-state index contributed by atoms with van der Waals surface area (Å²) >= 11 is 0. The van der Waals surface area contributed by atoms with E-state index in [4.69, 9.17) is 0 Å². The van der Waals surface area contributed by atoms with Gasteiger partial charge >= 0.3 is 5.97 Å². The molecule has 0 saturated heterocycles. The lowest BCUT2D eigenvalue weighted by Gasteiger charge is -2.16. The SMILES string of the molecule is COC(=O)CN(C)S(=O)(=O)c1ccc(CNC(C)=O)cc1. The lowest BCUT2D eigenvalue weighted by Crippen LogP contribution is -2.32. The minimum absolute atomic E-state index is 0.0699. The van der Waals surface area contributed by atoms with E-state index in [0.717, 1.165) is 9.87 Å². The molecule has 0 aliphatic carbocycles. The highest BCUT2D eigenvalue weighted by Crippen LogP contribution is 2.15. The molecular weight excluding hydrogens is 296 g/mol. The number of carbonyl (C=O) groups is 2. The number of hydrogen-bond acceptors (Lipinski definition) is 5. The molecule has 1 rings (SSSR count). The Morgan fingerprint density at radius 2 is 1.81 bits per heavy atom. The van der Waals surface area contributed by atoms with Crippen molar-refractivity contribution >= 4 is 21.9 Å². The van der Waals surface area contributed by atoms with E-state index >= 15 is 0 Å². The molecule has 0 fully saturated rings. The maximum Gasteiger partial charge on any atom is 0.321 e. The third-order valence-electron chi connectivity index (χ3n) is 2.75. The minimum atomic E-state index is -3.75. The van der Waals surface area contributed by atoms with Gasteiger partial charge in [0.1, 0.15) is 6.54 Å². The van der Waals surface area contributed by atoms with Crippen LogP contribution in [0.3, 0.4) is 0 Å². The summed E-state index contributed by atoms with van der Waals surface area (Å²) in [6, 6.07) is 6.07. The average molecular weight is 314 g/mol. The van der Waals surface area contributed by atoms with Gasteiger partial charge in [-0.3, -0.25) is 9.59 Å². The van der Waals surface area contributed by atoms with Crippen molar-refractivity contribution in [2.45, 2.75) is 18.4 Å². The maximum absolute atomic E-state index is 12.2. The zero-order valence-corrected chi connectivity index (χ0v) is 12.9. The van der Waals surface area contributed by atoms with Crippen LogP contribution in [0.5, 0.6) is 0 Å². The van der Waals surface area contributed by atoms with E-state index < -0.39 is 16.0 Å². The molecule has 0 radical (unpaired) electrons. The standard InChI is InChI=1S/C13H18N2O5S/c1-10(16)14-8-11-4-6-12(7-5-11)21(18,19)15(2)9-13(17)20-3/h4-7H,8-9H2,1-3H3,(H,14,16). The minimum Gasteiger partial charge on any atom is -0.468 e. The van der Waals surface area contributed by atoms with Crippen LogP contribution in [0, 0.1) is 0 Å². The van der Waals surface area contributed by atoms with Crippen LogP contribution in [0.25, 0.3) is 0 Å². The summed E-state index contributed by atoms with van der Waals surface area (Å²) in [6.45, 7) is 1.38. The van der Waals surface area contributed by atoms with E-state index in [-0.39, 0.29) is 17.3 Å². The number of benzene rings is 1. The number of rotatable bonds is 6. The van der Waals surface area contributed by atoms with E-state index in [9.17, 15) is 18.0 Å². The molecule has 0 unspecified atom stereocenters. The molecule has 8 heteroatoms. The second-order valence-electron chi connectivity index (χ2n) is 4.39. The van der Waals surface area contributed by atoms with E-state index in [0.29, 0.717) is 6.54 Å². The Kier molecular flexibility index (Phi) is 5.86. The molecule has 0 bridgehead atoms. The summed E-state index contributed by atoms with van der Waals surface area (Å²) in [5, 5.41) is 2.62. The first-order valence-corrected chi connectivity index (χ1v) is 7.58.